The smallest absolute Gasteiger partial charge is 0.331 e. The molecule has 1 aliphatic rings. The predicted molar refractivity (Wildman–Crippen MR) is 131 cm³/mol. The first-order valence-electron chi connectivity index (χ1n) is 11.3. The van der Waals surface area contributed by atoms with Gasteiger partial charge in [0.05, 0.1) is 5.71 Å². The highest BCUT2D eigenvalue weighted by Crippen LogP contribution is 2.52. The van der Waals surface area contributed by atoms with Crippen molar-refractivity contribution in [2.24, 2.45) is 5.16 Å². The van der Waals surface area contributed by atoms with E-state index in [0.717, 1.165) is 18.5 Å². The Morgan fingerprint density at radius 1 is 0.938 bits per heavy atom. The number of hydrogen-bond donors (Lipinski definition) is 0. The molecule has 1 aliphatic carbocycles. The minimum atomic E-state index is -0.415. The van der Waals surface area contributed by atoms with Crippen molar-refractivity contribution in [3.8, 4) is 11.1 Å². The number of nitrogens with zero attached hydrogens (tertiary/aromatic N) is 2. The molecule has 0 N–H and O–H groups in total. The Morgan fingerprint density at radius 3 is 2.41 bits per heavy atom. The summed E-state index contributed by atoms with van der Waals surface area (Å²) in [5, 5.41) is 6.45. The van der Waals surface area contributed by atoms with Crippen LogP contribution in [0.3, 0.4) is 0 Å². The van der Waals surface area contributed by atoms with Gasteiger partial charge in [-0.25, -0.2) is 4.79 Å². The molecule has 1 aromatic heterocycles. The van der Waals surface area contributed by atoms with Crippen molar-refractivity contribution in [3.05, 3.63) is 71.3 Å². The zero-order valence-corrected chi connectivity index (χ0v) is 19.3. The maximum atomic E-state index is 11.2. The maximum Gasteiger partial charge on any atom is 0.331 e. The summed E-state index contributed by atoms with van der Waals surface area (Å²) in [5.74, 6) is -0.415. The molecule has 0 aliphatic heterocycles. The van der Waals surface area contributed by atoms with Gasteiger partial charge in [-0.3, -0.25) is 0 Å². The molecule has 1 atom stereocenters. The van der Waals surface area contributed by atoms with Crippen LogP contribution in [0.25, 0.3) is 32.9 Å². The van der Waals surface area contributed by atoms with Gasteiger partial charge >= 0.3 is 5.97 Å². The van der Waals surface area contributed by atoms with Crippen molar-refractivity contribution >= 4 is 33.5 Å². The average Bonchev–Trinajstić information content (AvgIpc) is 3.25. The van der Waals surface area contributed by atoms with Crippen molar-refractivity contribution in [1.82, 2.24) is 4.57 Å². The second kappa shape index (κ2) is 7.33. The number of aromatic nitrogens is 1. The third kappa shape index (κ3) is 2.82. The Kier molecular flexibility index (Phi) is 4.70. The van der Waals surface area contributed by atoms with Crippen molar-refractivity contribution in [3.63, 3.8) is 0 Å². The van der Waals surface area contributed by atoms with Gasteiger partial charge in [-0.05, 0) is 72.4 Å². The van der Waals surface area contributed by atoms with Crippen LogP contribution in [0, 0.1) is 0 Å². The highest BCUT2D eigenvalue weighted by atomic mass is 16.7. The van der Waals surface area contributed by atoms with E-state index in [4.69, 9.17) is 4.84 Å². The average molecular weight is 425 g/mol. The van der Waals surface area contributed by atoms with Gasteiger partial charge in [0.2, 0.25) is 0 Å². The molecule has 4 aromatic rings. The standard InChI is InChI=1S/C28H28N2O2/c1-6-28(5)24-11-9-8-10-20(24)21-16-27-23(15-25(21)28)22-14-19(17(3)29-32-18(4)31)12-13-26(22)30(27)7-2/h8-16H,6-7H2,1-5H3/b29-17+. The normalized spacial score (nSPS) is 17.6. The lowest BCUT2D eigenvalue weighted by atomic mass is 9.78. The summed E-state index contributed by atoms with van der Waals surface area (Å²) >= 11 is 0. The number of benzene rings is 3. The van der Waals surface area contributed by atoms with Gasteiger partial charge < -0.3 is 9.40 Å². The summed E-state index contributed by atoms with van der Waals surface area (Å²) in [7, 11) is 0. The van der Waals surface area contributed by atoms with Crippen molar-refractivity contribution < 1.29 is 9.63 Å². The molecule has 0 fully saturated rings. The first-order valence-corrected chi connectivity index (χ1v) is 11.3. The molecule has 5 rings (SSSR count). The predicted octanol–water partition coefficient (Wildman–Crippen LogP) is 6.80. The molecule has 4 heteroatoms. The lowest BCUT2D eigenvalue weighted by Gasteiger charge is -2.25. The van der Waals surface area contributed by atoms with Crippen LogP contribution in [0.5, 0.6) is 0 Å². The molecule has 0 amide bonds. The molecule has 32 heavy (non-hydrogen) atoms. The molecule has 0 spiro atoms. The zero-order valence-electron chi connectivity index (χ0n) is 19.3. The van der Waals surface area contributed by atoms with E-state index in [1.807, 2.05) is 6.92 Å². The van der Waals surface area contributed by atoms with E-state index >= 15 is 0 Å². The second-order valence-corrected chi connectivity index (χ2v) is 8.88. The van der Waals surface area contributed by atoms with E-state index in [2.05, 4.69) is 85.1 Å². The van der Waals surface area contributed by atoms with Gasteiger partial charge in [0.1, 0.15) is 0 Å². The number of rotatable bonds is 4. The highest BCUT2D eigenvalue weighted by Gasteiger charge is 2.38. The SMILES string of the molecule is CCn1c2ccc(/C(C)=N/OC(C)=O)cc2c2cc3c(cc21)-c1ccccc1C3(C)CC. The van der Waals surface area contributed by atoms with Gasteiger partial charge in [-0.15, -0.1) is 0 Å². The monoisotopic (exact) mass is 424 g/mol. The third-order valence-electron chi connectivity index (χ3n) is 7.16. The Hall–Kier alpha value is -3.40. The Labute approximate surface area is 188 Å². The van der Waals surface area contributed by atoms with Crippen LogP contribution in [0.1, 0.15) is 57.7 Å². The molecule has 0 saturated heterocycles. The highest BCUT2D eigenvalue weighted by molar-refractivity contribution is 6.13. The van der Waals surface area contributed by atoms with Crippen LogP contribution in [0.15, 0.2) is 59.8 Å². The fourth-order valence-electron chi connectivity index (χ4n) is 5.30. The zero-order chi connectivity index (χ0) is 22.6. The Balaban J connectivity index is 1.80. The van der Waals surface area contributed by atoms with Crippen LogP contribution in [-0.4, -0.2) is 16.2 Å². The fraction of sp³-hybridized carbons (Fsp3) is 0.286. The molecule has 0 bridgehead atoms. The summed E-state index contributed by atoms with van der Waals surface area (Å²) in [4.78, 5) is 16.0. The Morgan fingerprint density at radius 2 is 1.69 bits per heavy atom. The number of hydrogen-bond acceptors (Lipinski definition) is 3. The van der Waals surface area contributed by atoms with Crippen molar-refractivity contribution in [2.45, 2.75) is 53.0 Å². The lowest BCUT2D eigenvalue weighted by Crippen LogP contribution is -2.19. The van der Waals surface area contributed by atoms with Gasteiger partial charge in [-0.1, -0.05) is 49.3 Å². The largest absolute Gasteiger partial charge is 0.341 e. The van der Waals surface area contributed by atoms with E-state index < -0.39 is 5.97 Å². The van der Waals surface area contributed by atoms with Crippen molar-refractivity contribution in [1.29, 1.82) is 0 Å². The number of fused-ring (bicyclic) bond motifs is 6. The molecule has 0 saturated carbocycles. The molecule has 162 valence electrons. The van der Waals surface area contributed by atoms with E-state index in [-0.39, 0.29) is 5.41 Å². The Bertz CT molecular complexity index is 1430. The lowest BCUT2D eigenvalue weighted by molar-refractivity contribution is -0.140. The minimum absolute atomic E-state index is 0.00503. The first kappa shape index (κ1) is 20.5. The van der Waals surface area contributed by atoms with Gasteiger partial charge in [-0.2, -0.15) is 0 Å². The number of carbonyl (C=O) groups is 1. The number of aryl methyl sites for hydroxylation is 1. The molecule has 1 unspecified atom stereocenters. The summed E-state index contributed by atoms with van der Waals surface area (Å²) in [5.41, 5.74) is 9.63. The summed E-state index contributed by atoms with van der Waals surface area (Å²) in [6.07, 6.45) is 1.05. The minimum Gasteiger partial charge on any atom is -0.341 e. The van der Waals surface area contributed by atoms with Crippen molar-refractivity contribution in [2.75, 3.05) is 0 Å². The van der Waals surface area contributed by atoms with Gasteiger partial charge in [0, 0.05) is 40.7 Å². The van der Waals surface area contributed by atoms with Gasteiger partial charge in [0.25, 0.3) is 0 Å². The molecule has 0 radical (unpaired) electrons. The summed E-state index contributed by atoms with van der Waals surface area (Å²) in [6, 6.07) is 20.0. The van der Waals surface area contributed by atoms with E-state index in [0.29, 0.717) is 5.71 Å². The molecule has 4 nitrogen and oxygen atoms in total. The van der Waals surface area contributed by atoms with E-state index in [1.54, 1.807) is 0 Å². The van der Waals surface area contributed by atoms with Crippen LogP contribution in [-0.2, 0) is 21.6 Å². The molecule has 3 aromatic carbocycles. The first-order chi connectivity index (χ1) is 15.4. The van der Waals surface area contributed by atoms with Crippen LogP contribution in [0.4, 0.5) is 0 Å². The molecular weight excluding hydrogens is 396 g/mol. The number of carbonyl (C=O) groups excluding carboxylic acids is 1. The second-order valence-electron chi connectivity index (χ2n) is 8.88. The topological polar surface area (TPSA) is 43.6 Å². The van der Waals surface area contributed by atoms with Gasteiger partial charge in [0.15, 0.2) is 0 Å². The van der Waals surface area contributed by atoms with E-state index in [1.165, 1.54) is 51.0 Å². The van der Waals surface area contributed by atoms with Crippen LogP contribution < -0.4 is 0 Å². The fourth-order valence-corrected chi connectivity index (χ4v) is 5.30. The third-order valence-corrected chi connectivity index (χ3v) is 7.16. The summed E-state index contributed by atoms with van der Waals surface area (Å²) in [6.45, 7) is 11.0. The summed E-state index contributed by atoms with van der Waals surface area (Å²) < 4.78 is 2.39. The van der Waals surface area contributed by atoms with Crippen LogP contribution in [0.2, 0.25) is 0 Å². The van der Waals surface area contributed by atoms with Crippen LogP contribution >= 0.6 is 0 Å². The number of oxime groups is 1. The molecule has 1 heterocycles. The maximum absolute atomic E-state index is 11.2. The quantitative estimate of drug-likeness (QED) is 0.205. The van der Waals surface area contributed by atoms with E-state index in [9.17, 15) is 4.79 Å². The molecular formula is C28H28N2O2.